The summed E-state index contributed by atoms with van der Waals surface area (Å²) in [5.74, 6) is 1.02. The molecule has 0 aromatic heterocycles. The molecule has 0 N–H and O–H groups in total. The Hall–Kier alpha value is -0.850. The van der Waals surface area contributed by atoms with Crippen molar-refractivity contribution >= 4 is 5.78 Å². The molecule has 0 heterocycles. The number of hydrogen-bond acceptors (Lipinski definition) is 1. The van der Waals surface area contributed by atoms with Gasteiger partial charge in [-0.15, -0.1) is 0 Å². The highest BCUT2D eigenvalue weighted by Gasteiger charge is 2.27. The number of ketones is 1. The standard InChI is InChI=1S/C12H18O/c1-3-5-6-7-11-10(4-2)8-9-12(11)13/h5-6,8-11H,3-4,7H2,1-2H3. The van der Waals surface area contributed by atoms with Gasteiger partial charge in [-0.25, -0.2) is 0 Å². The van der Waals surface area contributed by atoms with E-state index < -0.39 is 0 Å². The van der Waals surface area contributed by atoms with E-state index in [0.29, 0.717) is 11.7 Å². The fourth-order valence-corrected chi connectivity index (χ4v) is 1.81. The number of carbonyl (C=O) groups excluding carboxylic acids is 1. The highest BCUT2D eigenvalue weighted by atomic mass is 16.1. The number of carbonyl (C=O) groups is 1. The van der Waals surface area contributed by atoms with Crippen LogP contribution in [0.25, 0.3) is 0 Å². The van der Waals surface area contributed by atoms with E-state index in [2.05, 4.69) is 32.1 Å². The largest absolute Gasteiger partial charge is 0.295 e. The lowest BCUT2D eigenvalue weighted by molar-refractivity contribution is -0.118. The Labute approximate surface area is 80.5 Å². The summed E-state index contributed by atoms with van der Waals surface area (Å²) in [7, 11) is 0. The molecule has 0 aromatic rings. The Balaban J connectivity index is 2.48. The van der Waals surface area contributed by atoms with Gasteiger partial charge in [0.25, 0.3) is 0 Å². The first-order valence-corrected chi connectivity index (χ1v) is 5.16. The Kier molecular flexibility index (Phi) is 3.94. The van der Waals surface area contributed by atoms with Crippen LogP contribution in [0.5, 0.6) is 0 Å². The van der Waals surface area contributed by atoms with Gasteiger partial charge < -0.3 is 0 Å². The van der Waals surface area contributed by atoms with Crippen LogP contribution in [0.3, 0.4) is 0 Å². The topological polar surface area (TPSA) is 17.1 Å². The van der Waals surface area contributed by atoms with Crippen molar-refractivity contribution < 1.29 is 4.79 Å². The van der Waals surface area contributed by atoms with Crippen molar-refractivity contribution in [2.75, 3.05) is 0 Å². The summed E-state index contributed by atoms with van der Waals surface area (Å²) in [6.45, 7) is 4.26. The Morgan fingerprint density at radius 2 is 2.15 bits per heavy atom. The molecule has 0 spiro atoms. The van der Waals surface area contributed by atoms with Crippen LogP contribution < -0.4 is 0 Å². The van der Waals surface area contributed by atoms with Gasteiger partial charge in [0, 0.05) is 5.92 Å². The average molecular weight is 178 g/mol. The molecule has 0 aliphatic heterocycles. The van der Waals surface area contributed by atoms with Crippen molar-refractivity contribution in [3.63, 3.8) is 0 Å². The molecule has 1 heteroatoms. The van der Waals surface area contributed by atoms with Gasteiger partial charge in [0.05, 0.1) is 0 Å². The quantitative estimate of drug-likeness (QED) is 0.604. The van der Waals surface area contributed by atoms with Crippen LogP contribution in [-0.4, -0.2) is 5.78 Å². The monoisotopic (exact) mass is 178 g/mol. The molecular formula is C12H18O. The van der Waals surface area contributed by atoms with E-state index in [4.69, 9.17) is 0 Å². The fourth-order valence-electron chi connectivity index (χ4n) is 1.81. The van der Waals surface area contributed by atoms with Crippen LogP contribution in [0.2, 0.25) is 0 Å². The lowest BCUT2D eigenvalue weighted by atomic mass is 9.89. The van der Waals surface area contributed by atoms with E-state index in [-0.39, 0.29) is 5.92 Å². The van der Waals surface area contributed by atoms with E-state index in [1.54, 1.807) is 6.08 Å². The number of rotatable bonds is 4. The van der Waals surface area contributed by atoms with Gasteiger partial charge in [-0.3, -0.25) is 4.79 Å². The molecule has 1 aliphatic carbocycles. The van der Waals surface area contributed by atoms with Crippen LogP contribution in [-0.2, 0) is 4.79 Å². The van der Waals surface area contributed by atoms with Gasteiger partial charge in [-0.05, 0) is 31.3 Å². The fraction of sp³-hybridized carbons (Fsp3) is 0.583. The first-order valence-electron chi connectivity index (χ1n) is 5.16. The van der Waals surface area contributed by atoms with Crippen LogP contribution in [0, 0.1) is 11.8 Å². The highest BCUT2D eigenvalue weighted by molar-refractivity contribution is 5.94. The second-order valence-corrected chi connectivity index (χ2v) is 3.56. The zero-order valence-electron chi connectivity index (χ0n) is 8.49. The second kappa shape index (κ2) is 5.00. The Morgan fingerprint density at radius 1 is 1.38 bits per heavy atom. The molecule has 0 aromatic carbocycles. The number of hydrogen-bond donors (Lipinski definition) is 0. The molecule has 1 rings (SSSR count). The van der Waals surface area contributed by atoms with Crippen LogP contribution in [0.15, 0.2) is 24.3 Å². The van der Waals surface area contributed by atoms with Gasteiger partial charge in [-0.2, -0.15) is 0 Å². The van der Waals surface area contributed by atoms with Crippen molar-refractivity contribution in [2.24, 2.45) is 11.8 Å². The molecule has 0 saturated heterocycles. The summed E-state index contributed by atoms with van der Waals surface area (Å²) < 4.78 is 0. The van der Waals surface area contributed by atoms with Crippen molar-refractivity contribution in [3.05, 3.63) is 24.3 Å². The third-order valence-electron chi connectivity index (χ3n) is 2.65. The first-order chi connectivity index (χ1) is 6.29. The lowest BCUT2D eigenvalue weighted by Crippen LogP contribution is -2.14. The molecule has 1 nitrogen and oxygen atoms in total. The van der Waals surface area contributed by atoms with Gasteiger partial charge >= 0.3 is 0 Å². The maximum atomic E-state index is 11.4. The summed E-state index contributed by atoms with van der Waals surface area (Å²) in [5, 5.41) is 0. The number of allylic oxidation sites excluding steroid dienone is 4. The van der Waals surface area contributed by atoms with E-state index in [0.717, 1.165) is 19.3 Å². The van der Waals surface area contributed by atoms with Gasteiger partial charge in [0.15, 0.2) is 5.78 Å². The Morgan fingerprint density at radius 3 is 2.77 bits per heavy atom. The molecule has 0 saturated carbocycles. The highest BCUT2D eigenvalue weighted by Crippen LogP contribution is 2.28. The van der Waals surface area contributed by atoms with E-state index in [9.17, 15) is 4.79 Å². The molecule has 0 amide bonds. The third kappa shape index (κ3) is 2.55. The van der Waals surface area contributed by atoms with E-state index in [1.165, 1.54) is 0 Å². The minimum absolute atomic E-state index is 0.229. The zero-order valence-corrected chi connectivity index (χ0v) is 8.49. The minimum Gasteiger partial charge on any atom is -0.295 e. The van der Waals surface area contributed by atoms with Crippen LogP contribution >= 0.6 is 0 Å². The molecule has 2 atom stereocenters. The van der Waals surface area contributed by atoms with Crippen molar-refractivity contribution in [2.45, 2.75) is 33.1 Å². The van der Waals surface area contributed by atoms with Crippen molar-refractivity contribution in [1.29, 1.82) is 0 Å². The third-order valence-corrected chi connectivity index (χ3v) is 2.65. The molecule has 72 valence electrons. The minimum atomic E-state index is 0.229. The summed E-state index contributed by atoms with van der Waals surface area (Å²) >= 11 is 0. The average Bonchev–Trinajstić information content (AvgIpc) is 2.48. The zero-order chi connectivity index (χ0) is 9.68. The van der Waals surface area contributed by atoms with Crippen molar-refractivity contribution in [1.82, 2.24) is 0 Å². The van der Waals surface area contributed by atoms with Crippen LogP contribution in [0.4, 0.5) is 0 Å². The molecule has 0 bridgehead atoms. The van der Waals surface area contributed by atoms with Gasteiger partial charge in [0.1, 0.15) is 0 Å². The molecule has 1 aliphatic rings. The molecule has 0 radical (unpaired) electrons. The molecular weight excluding hydrogens is 160 g/mol. The summed E-state index contributed by atoms with van der Waals surface area (Å²) in [6, 6.07) is 0. The summed E-state index contributed by atoms with van der Waals surface area (Å²) in [4.78, 5) is 11.4. The SMILES string of the molecule is CCC=CCC1C(=O)C=CC1CC. The maximum absolute atomic E-state index is 11.4. The molecule has 2 unspecified atom stereocenters. The molecule has 13 heavy (non-hydrogen) atoms. The predicted octanol–water partition coefficient (Wildman–Crippen LogP) is 3.12. The second-order valence-electron chi connectivity index (χ2n) is 3.56. The van der Waals surface area contributed by atoms with Gasteiger partial charge in [0.2, 0.25) is 0 Å². The van der Waals surface area contributed by atoms with Crippen LogP contribution in [0.1, 0.15) is 33.1 Å². The molecule has 0 fully saturated rings. The maximum Gasteiger partial charge on any atom is 0.159 e. The smallest absolute Gasteiger partial charge is 0.159 e. The summed E-state index contributed by atoms with van der Waals surface area (Å²) in [6.07, 6.45) is 11.1. The first kappa shape index (κ1) is 10.2. The van der Waals surface area contributed by atoms with Crippen molar-refractivity contribution in [3.8, 4) is 0 Å². The normalized spacial score (nSPS) is 27.7. The van der Waals surface area contributed by atoms with E-state index >= 15 is 0 Å². The van der Waals surface area contributed by atoms with E-state index in [1.807, 2.05) is 0 Å². The van der Waals surface area contributed by atoms with Gasteiger partial charge in [-0.1, -0.05) is 32.1 Å². The lowest BCUT2D eigenvalue weighted by Gasteiger charge is -2.13. The predicted molar refractivity (Wildman–Crippen MR) is 55.5 cm³/mol. The Bertz CT molecular complexity index is 225. The summed E-state index contributed by atoms with van der Waals surface area (Å²) in [5.41, 5.74) is 0.